The van der Waals surface area contributed by atoms with E-state index in [0.717, 1.165) is 36.6 Å². The molecule has 0 saturated heterocycles. The number of rotatable bonds is 10. The maximum absolute atomic E-state index is 11.4. The van der Waals surface area contributed by atoms with E-state index >= 15 is 0 Å². The molecule has 0 spiro atoms. The third kappa shape index (κ3) is 6.72. The number of carboxylic acid groups (broad SMARTS) is 1. The quantitative estimate of drug-likeness (QED) is 0.492. The Balaban J connectivity index is 2.28. The van der Waals surface area contributed by atoms with Crippen molar-refractivity contribution in [1.82, 2.24) is 5.32 Å². The molecule has 0 fully saturated rings. The van der Waals surface area contributed by atoms with Crippen LogP contribution in [0.3, 0.4) is 0 Å². The van der Waals surface area contributed by atoms with E-state index in [1.54, 1.807) is 18.7 Å². The van der Waals surface area contributed by atoms with Gasteiger partial charge in [0.1, 0.15) is 5.54 Å². The molecule has 0 aliphatic rings. The van der Waals surface area contributed by atoms with Crippen molar-refractivity contribution in [2.75, 3.05) is 12.3 Å². The smallest absolute Gasteiger partial charge is 0.323 e. The minimum Gasteiger partial charge on any atom is -0.480 e. The topological polar surface area (TPSA) is 49.3 Å². The highest BCUT2D eigenvalue weighted by atomic mass is 35.5. The summed E-state index contributed by atoms with van der Waals surface area (Å²) < 4.78 is 0. The molecule has 0 bridgehead atoms. The highest BCUT2D eigenvalue weighted by molar-refractivity contribution is 7.99. The largest absolute Gasteiger partial charge is 0.480 e. The van der Waals surface area contributed by atoms with E-state index in [1.165, 1.54) is 4.90 Å². The zero-order valence-corrected chi connectivity index (χ0v) is 14.3. The lowest BCUT2D eigenvalue weighted by Crippen LogP contribution is -2.49. The molecule has 0 aliphatic carbocycles. The van der Waals surface area contributed by atoms with Crippen LogP contribution in [0.5, 0.6) is 0 Å². The number of thioether (sulfide) groups is 1. The lowest BCUT2D eigenvalue weighted by Gasteiger charge is -2.26. The lowest BCUT2D eigenvalue weighted by molar-refractivity contribution is -0.144. The zero-order chi connectivity index (χ0) is 15.7. The monoisotopic (exact) mass is 329 g/mol. The Morgan fingerprint density at radius 1 is 1.33 bits per heavy atom. The third-order valence-electron chi connectivity index (χ3n) is 3.39. The molecular formula is C16H24ClNO2S. The van der Waals surface area contributed by atoms with E-state index in [4.69, 9.17) is 11.6 Å². The van der Waals surface area contributed by atoms with E-state index in [9.17, 15) is 9.90 Å². The summed E-state index contributed by atoms with van der Waals surface area (Å²) in [4.78, 5) is 12.6. The first-order valence-electron chi connectivity index (χ1n) is 7.35. The van der Waals surface area contributed by atoms with Crippen LogP contribution in [0, 0.1) is 0 Å². The number of nitrogens with one attached hydrogen (secondary N) is 1. The fourth-order valence-corrected chi connectivity index (χ4v) is 3.01. The van der Waals surface area contributed by atoms with Gasteiger partial charge in [0.25, 0.3) is 0 Å². The highest BCUT2D eigenvalue weighted by Gasteiger charge is 2.31. The van der Waals surface area contributed by atoms with Gasteiger partial charge < -0.3 is 10.4 Å². The molecule has 1 aromatic carbocycles. The summed E-state index contributed by atoms with van der Waals surface area (Å²) >= 11 is 7.62. The number of unbranched alkanes of at least 4 members (excludes halogenated alkanes) is 1. The number of carboxylic acids is 1. The first kappa shape index (κ1) is 18.3. The number of halogens is 1. The average molecular weight is 330 g/mol. The van der Waals surface area contributed by atoms with Crippen LogP contribution < -0.4 is 5.32 Å². The van der Waals surface area contributed by atoms with E-state index in [2.05, 4.69) is 5.32 Å². The van der Waals surface area contributed by atoms with Crippen molar-refractivity contribution in [2.24, 2.45) is 0 Å². The van der Waals surface area contributed by atoms with Gasteiger partial charge in [-0.2, -0.15) is 0 Å². The number of hydrogen-bond acceptors (Lipinski definition) is 3. The molecule has 1 aromatic rings. The number of aliphatic carboxylic acids is 1. The Hall–Kier alpha value is -0.710. The molecule has 21 heavy (non-hydrogen) atoms. The van der Waals surface area contributed by atoms with Gasteiger partial charge >= 0.3 is 5.97 Å². The van der Waals surface area contributed by atoms with Crippen LogP contribution >= 0.6 is 23.4 Å². The summed E-state index contributed by atoms with van der Waals surface area (Å²) in [6.45, 7) is 4.55. The summed E-state index contributed by atoms with van der Waals surface area (Å²) in [5.41, 5.74) is -0.805. The Morgan fingerprint density at radius 2 is 2.00 bits per heavy atom. The molecule has 0 saturated carbocycles. The first-order valence-corrected chi connectivity index (χ1v) is 8.71. The van der Waals surface area contributed by atoms with Crippen LogP contribution in [0.25, 0.3) is 0 Å². The van der Waals surface area contributed by atoms with Gasteiger partial charge in [0.05, 0.1) is 0 Å². The van der Waals surface area contributed by atoms with E-state index in [-0.39, 0.29) is 0 Å². The fourth-order valence-electron chi connectivity index (χ4n) is 1.97. The van der Waals surface area contributed by atoms with Gasteiger partial charge in [0.15, 0.2) is 0 Å². The molecule has 1 unspecified atom stereocenters. The standard InChI is InChI=1S/C16H24ClNO2S/c1-3-11-18-16(2,15(19)20)10-4-5-12-21-14-8-6-13(17)7-9-14/h6-9,18H,3-5,10-12H2,1-2H3,(H,19,20). The normalized spacial score (nSPS) is 13.9. The van der Waals surface area contributed by atoms with Gasteiger partial charge in [-0.1, -0.05) is 24.9 Å². The van der Waals surface area contributed by atoms with Crippen LogP contribution in [0.4, 0.5) is 0 Å². The van der Waals surface area contributed by atoms with Crippen LogP contribution in [-0.4, -0.2) is 28.9 Å². The van der Waals surface area contributed by atoms with E-state index in [1.807, 2.05) is 31.2 Å². The molecule has 0 aliphatic heterocycles. The summed E-state index contributed by atoms with van der Waals surface area (Å²) in [6.07, 6.45) is 3.50. The van der Waals surface area contributed by atoms with Gasteiger partial charge in [-0.3, -0.25) is 4.79 Å². The Labute approximate surface area is 136 Å². The van der Waals surface area contributed by atoms with E-state index in [0.29, 0.717) is 6.42 Å². The minimum atomic E-state index is -0.805. The Bertz CT molecular complexity index is 438. The second-order valence-electron chi connectivity index (χ2n) is 5.32. The molecule has 3 nitrogen and oxygen atoms in total. The van der Waals surface area contributed by atoms with Crippen molar-refractivity contribution in [3.8, 4) is 0 Å². The van der Waals surface area contributed by atoms with Crippen LogP contribution in [0.2, 0.25) is 5.02 Å². The lowest BCUT2D eigenvalue weighted by atomic mass is 9.95. The first-order chi connectivity index (χ1) is 9.98. The van der Waals surface area contributed by atoms with Gasteiger partial charge in [-0.15, -0.1) is 11.8 Å². The fraction of sp³-hybridized carbons (Fsp3) is 0.562. The molecular weight excluding hydrogens is 306 g/mol. The molecule has 118 valence electrons. The van der Waals surface area contributed by atoms with Gasteiger partial charge in [0, 0.05) is 9.92 Å². The second-order valence-corrected chi connectivity index (χ2v) is 6.93. The highest BCUT2D eigenvalue weighted by Crippen LogP contribution is 2.23. The van der Waals surface area contributed by atoms with Crippen LogP contribution in [-0.2, 0) is 4.79 Å². The third-order valence-corrected chi connectivity index (χ3v) is 4.74. The minimum absolute atomic E-state index is 0.656. The maximum Gasteiger partial charge on any atom is 0.323 e. The summed E-state index contributed by atoms with van der Waals surface area (Å²) in [5, 5.41) is 13.2. The number of carbonyl (C=O) groups is 1. The van der Waals surface area contributed by atoms with Crippen molar-refractivity contribution in [1.29, 1.82) is 0 Å². The second kappa shape index (κ2) is 9.34. The number of hydrogen-bond donors (Lipinski definition) is 2. The average Bonchev–Trinajstić information content (AvgIpc) is 2.46. The van der Waals surface area contributed by atoms with Gasteiger partial charge in [-0.25, -0.2) is 0 Å². The SMILES string of the molecule is CCCNC(C)(CCCCSc1ccc(Cl)cc1)C(=O)O. The predicted octanol–water partition coefficient (Wildman–Crippen LogP) is 4.45. The molecule has 0 heterocycles. The van der Waals surface area contributed by atoms with Gasteiger partial charge in [-0.05, 0) is 62.7 Å². The summed E-state index contributed by atoms with van der Waals surface area (Å²) in [6, 6.07) is 7.80. The van der Waals surface area contributed by atoms with Crippen molar-refractivity contribution in [2.45, 2.75) is 50.0 Å². The van der Waals surface area contributed by atoms with Gasteiger partial charge in [0.2, 0.25) is 0 Å². The van der Waals surface area contributed by atoms with Crippen molar-refractivity contribution >= 4 is 29.3 Å². The summed E-state index contributed by atoms with van der Waals surface area (Å²) in [5.74, 6) is 0.228. The maximum atomic E-state index is 11.4. The Morgan fingerprint density at radius 3 is 2.57 bits per heavy atom. The molecule has 5 heteroatoms. The molecule has 0 amide bonds. The molecule has 2 N–H and O–H groups in total. The van der Waals surface area contributed by atoms with Crippen molar-refractivity contribution < 1.29 is 9.90 Å². The number of benzene rings is 1. The summed E-state index contributed by atoms with van der Waals surface area (Å²) in [7, 11) is 0. The van der Waals surface area contributed by atoms with E-state index < -0.39 is 11.5 Å². The van der Waals surface area contributed by atoms with Crippen LogP contribution in [0.1, 0.15) is 39.5 Å². The Kier molecular flexibility index (Phi) is 8.15. The molecule has 1 atom stereocenters. The van der Waals surface area contributed by atoms with Crippen molar-refractivity contribution in [3.05, 3.63) is 29.3 Å². The molecule has 0 aromatic heterocycles. The van der Waals surface area contributed by atoms with Crippen LogP contribution in [0.15, 0.2) is 29.2 Å². The zero-order valence-electron chi connectivity index (χ0n) is 12.7. The predicted molar refractivity (Wildman–Crippen MR) is 90.4 cm³/mol. The van der Waals surface area contributed by atoms with Crippen molar-refractivity contribution in [3.63, 3.8) is 0 Å². The molecule has 0 radical (unpaired) electrons. The molecule has 1 rings (SSSR count).